The van der Waals surface area contributed by atoms with E-state index in [1.54, 1.807) is 0 Å². The van der Waals surface area contributed by atoms with Crippen molar-refractivity contribution in [3.05, 3.63) is 0 Å². The van der Waals surface area contributed by atoms with Gasteiger partial charge in [0.15, 0.2) is 0 Å². The van der Waals surface area contributed by atoms with Crippen molar-refractivity contribution in [3.63, 3.8) is 0 Å². The number of Topliss-reactive ketones (excluding diaryl/α,β-unsaturated/α-hetero) is 3. The summed E-state index contributed by atoms with van der Waals surface area (Å²) in [6, 6.07) is 0. The summed E-state index contributed by atoms with van der Waals surface area (Å²) in [6.45, 7) is 8.09. The van der Waals surface area contributed by atoms with Crippen LogP contribution in [0.5, 0.6) is 0 Å². The van der Waals surface area contributed by atoms with E-state index in [0.29, 0.717) is 19.3 Å². The fourth-order valence-electron chi connectivity index (χ4n) is 3.33. The summed E-state index contributed by atoms with van der Waals surface area (Å²) in [7, 11) is 0. The molecule has 104 valence electrons. The van der Waals surface area contributed by atoms with Crippen LogP contribution in [0.3, 0.4) is 0 Å². The van der Waals surface area contributed by atoms with Crippen LogP contribution in [-0.2, 0) is 14.4 Å². The van der Waals surface area contributed by atoms with Gasteiger partial charge >= 0.3 is 0 Å². The van der Waals surface area contributed by atoms with E-state index in [1.165, 1.54) is 20.8 Å². The zero-order chi connectivity index (χ0) is 15.1. The Morgan fingerprint density at radius 1 is 0.842 bits per heavy atom. The molecule has 0 bridgehead atoms. The van der Waals surface area contributed by atoms with Crippen molar-refractivity contribution in [2.75, 3.05) is 0 Å². The predicted molar refractivity (Wildman–Crippen MR) is 73.4 cm³/mol. The summed E-state index contributed by atoms with van der Waals surface area (Å²) in [6.07, 6.45) is 6.72. The van der Waals surface area contributed by atoms with E-state index in [-0.39, 0.29) is 17.3 Å². The van der Waals surface area contributed by atoms with Crippen molar-refractivity contribution in [2.45, 2.75) is 53.9 Å². The maximum absolute atomic E-state index is 12.0. The van der Waals surface area contributed by atoms with Crippen LogP contribution >= 0.6 is 0 Å². The maximum atomic E-state index is 12.0. The second kappa shape index (κ2) is 4.59. The van der Waals surface area contributed by atoms with Crippen molar-refractivity contribution >= 4 is 17.3 Å². The molecule has 0 aromatic rings. The van der Waals surface area contributed by atoms with Gasteiger partial charge in [-0.05, 0) is 40.0 Å². The van der Waals surface area contributed by atoms with Crippen molar-refractivity contribution in [3.8, 4) is 12.3 Å². The lowest BCUT2D eigenvalue weighted by Gasteiger charge is -2.49. The molecule has 3 heteroatoms. The van der Waals surface area contributed by atoms with E-state index < -0.39 is 16.2 Å². The predicted octanol–water partition coefficient (Wildman–Crippen LogP) is 2.57. The normalized spacial score (nSPS) is 38.3. The summed E-state index contributed by atoms with van der Waals surface area (Å²) in [4.78, 5) is 35.9. The molecule has 3 atom stereocenters. The zero-order valence-corrected chi connectivity index (χ0v) is 12.4. The second-order valence-electron chi connectivity index (χ2n) is 6.55. The van der Waals surface area contributed by atoms with E-state index >= 15 is 0 Å². The van der Waals surface area contributed by atoms with Gasteiger partial charge < -0.3 is 0 Å². The van der Waals surface area contributed by atoms with Crippen LogP contribution in [0.15, 0.2) is 0 Å². The Balaban J connectivity index is 3.41. The molecule has 1 saturated carbocycles. The van der Waals surface area contributed by atoms with Crippen LogP contribution < -0.4 is 0 Å². The Hall–Kier alpha value is -1.43. The van der Waals surface area contributed by atoms with E-state index in [1.807, 2.05) is 13.8 Å². The molecular weight excluding hydrogens is 240 g/mol. The van der Waals surface area contributed by atoms with Crippen molar-refractivity contribution < 1.29 is 14.4 Å². The van der Waals surface area contributed by atoms with Crippen molar-refractivity contribution in [2.24, 2.45) is 16.2 Å². The fraction of sp³-hybridized carbons (Fsp3) is 0.688. The molecule has 1 aliphatic rings. The number of hydrogen-bond acceptors (Lipinski definition) is 3. The van der Waals surface area contributed by atoms with Gasteiger partial charge in [0, 0.05) is 10.8 Å². The van der Waals surface area contributed by atoms with Gasteiger partial charge in [0.2, 0.25) is 0 Å². The molecule has 19 heavy (non-hydrogen) atoms. The Kier molecular flexibility index (Phi) is 3.78. The zero-order valence-electron chi connectivity index (χ0n) is 12.4. The summed E-state index contributed by atoms with van der Waals surface area (Å²) in [5.41, 5.74) is -2.42. The van der Waals surface area contributed by atoms with E-state index in [4.69, 9.17) is 6.42 Å². The minimum absolute atomic E-state index is 0.0134. The topological polar surface area (TPSA) is 51.2 Å². The number of carbonyl (C=O) groups is 3. The minimum Gasteiger partial charge on any atom is -0.299 e. The highest BCUT2D eigenvalue weighted by atomic mass is 16.1. The first-order valence-corrected chi connectivity index (χ1v) is 6.52. The molecular formula is C16H22O3. The maximum Gasteiger partial charge on any atom is 0.147 e. The lowest BCUT2D eigenvalue weighted by molar-refractivity contribution is -0.145. The Bertz CT molecular complexity index is 455. The average molecular weight is 262 g/mol. The quantitative estimate of drug-likeness (QED) is 0.734. The lowest BCUT2D eigenvalue weighted by Crippen LogP contribution is -2.51. The van der Waals surface area contributed by atoms with Gasteiger partial charge in [0.05, 0.1) is 5.41 Å². The highest BCUT2D eigenvalue weighted by Gasteiger charge is 2.55. The van der Waals surface area contributed by atoms with Crippen LogP contribution in [-0.4, -0.2) is 17.3 Å². The molecule has 3 nitrogen and oxygen atoms in total. The van der Waals surface area contributed by atoms with Crippen LogP contribution in [0.2, 0.25) is 0 Å². The first-order chi connectivity index (χ1) is 8.51. The summed E-state index contributed by atoms with van der Waals surface area (Å²) in [5.74, 6) is 2.43. The highest BCUT2D eigenvalue weighted by Crippen LogP contribution is 2.55. The largest absolute Gasteiger partial charge is 0.299 e. The summed E-state index contributed by atoms with van der Waals surface area (Å²) >= 11 is 0. The summed E-state index contributed by atoms with van der Waals surface area (Å²) < 4.78 is 0. The van der Waals surface area contributed by atoms with Gasteiger partial charge in [-0.2, -0.15) is 0 Å². The number of terminal acetylenes is 1. The number of hydrogen-bond donors (Lipinski definition) is 0. The molecule has 0 aromatic carbocycles. The van der Waals surface area contributed by atoms with Gasteiger partial charge in [-0.15, -0.1) is 6.42 Å². The van der Waals surface area contributed by atoms with Gasteiger partial charge in [0.1, 0.15) is 17.3 Å². The molecule has 0 spiro atoms. The Morgan fingerprint density at radius 2 is 1.21 bits per heavy atom. The van der Waals surface area contributed by atoms with E-state index in [9.17, 15) is 14.4 Å². The van der Waals surface area contributed by atoms with E-state index in [2.05, 4.69) is 5.92 Å². The SMILES string of the molecule is C#CC1(C(C)=O)C[C@](C)(C(C)=O)C[C@](C)(C(C)=O)C1. The van der Waals surface area contributed by atoms with Crippen LogP contribution in [0.1, 0.15) is 53.9 Å². The van der Waals surface area contributed by atoms with Gasteiger partial charge in [-0.25, -0.2) is 0 Å². The van der Waals surface area contributed by atoms with Gasteiger partial charge in [-0.1, -0.05) is 19.8 Å². The molecule has 0 aromatic heterocycles. The van der Waals surface area contributed by atoms with Gasteiger partial charge in [-0.3, -0.25) is 14.4 Å². The first kappa shape index (κ1) is 15.6. The number of rotatable bonds is 3. The molecule has 1 aliphatic carbocycles. The molecule has 0 heterocycles. The van der Waals surface area contributed by atoms with Crippen molar-refractivity contribution in [1.29, 1.82) is 0 Å². The molecule has 1 unspecified atom stereocenters. The smallest absolute Gasteiger partial charge is 0.147 e. The fourth-order valence-corrected chi connectivity index (χ4v) is 3.33. The summed E-state index contributed by atoms with van der Waals surface area (Å²) in [5, 5.41) is 0. The van der Waals surface area contributed by atoms with E-state index in [0.717, 1.165) is 0 Å². The second-order valence-corrected chi connectivity index (χ2v) is 6.55. The Morgan fingerprint density at radius 3 is 1.42 bits per heavy atom. The minimum atomic E-state index is -1.00. The third-order valence-electron chi connectivity index (χ3n) is 4.81. The monoisotopic (exact) mass is 262 g/mol. The number of carbonyl (C=O) groups excluding carboxylic acids is 3. The third kappa shape index (κ3) is 2.49. The lowest BCUT2D eigenvalue weighted by atomic mass is 9.51. The average Bonchev–Trinajstić information content (AvgIpc) is 2.27. The van der Waals surface area contributed by atoms with Gasteiger partial charge in [0.25, 0.3) is 0 Å². The molecule has 0 aliphatic heterocycles. The standard InChI is InChI=1S/C16H22O3/c1-7-16(13(4)19)9-14(5,11(2)17)8-15(6,10-16)12(3)18/h1H,8-10H2,2-6H3/t14-,15+,16?. The Labute approximate surface area is 115 Å². The third-order valence-corrected chi connectivity index (χ3v) is 4.81. The number of ketones is 3. The highest BCUT2D eigenvalue weighted by molar-refractivity contribution is 5.92. The molecule has 1 rings (SSSR count). The molecule has 0 amide bonds. The van der Waals surface area contributed by atoms with Crippen molar-refractivity contribution in [1.82, 2.24) is 0 Å². The molecule has 0 N–H and O–H groups in total. The van der Waals surface area contributed by atoms with Crippen LogP contribution in [0.25, 0.3) is 0 Å². The molecule has 0 radical (unpaired) electrons. The molecule has 0 saturated heterocycles. The van der Waals surface area contributed by atoms with Crippen LogP contribution in [0, 0.1) is 28.6 Å². The van der Waals surface area contributed by atoms with Crippen LogP contribution in [0.4, 0.5) is 0 Å². The molecule has 1 fully saturated rings. The first-order valence-electron chi connectivity index (χ1n) is 6.52.